The van der Waals surface area contributed by atoms with Crippen molar-refractivity contribution in [1.82, 2.24) is 0 Å². The van der Waals surface area contributed by atoms with Crippen LogP contribution in [-0.2, 0) is 11.2 Å². The third-order valence-corrected chi connectivity index (χ3v) is 3.95. The lowest BCUT2D eigenvalue weighted by Gasteiger charge is -2.08. The number of ether oxygens (including phenoxy) is 1. The smallest absolute Gasteiger partial charge is 0.291 e. The molecule has 0 spiro atoms. The van der Waals surface area contributed by atoms with Crippen LogP contribution in [0, 0.1) is 0 Å². The van der Waals surface area contributed by atoms with Crippen LogP contribution < -0.4 is 15.4 Å². The van der Waals surface area contributed by atoms with Crippen LogP contribution in [0.4, 0.5) is 11.4 Å². The van der Waals surface area contributed by atoms with Crippen molar-refractivity contribution >= 4 is 23.2 Å². The van der Waals surface area contributed by atoms with Crippen molar-refractivity contribution in [2.24, 2.45) is 0 Å². The number of benzene rings is 2. The van der Waals surface area contributed by atoms with Gasteiger partial charge in [0.15, 0.2) is 5.76 Å². The Morgan fingerprint density at radius 3 is 2.37 bits per heavy atom. The Kier molecular flexibility index (Phi) is 5.89. The Morgan fingerprint density at radius 1 is 0.963 bits per heavy atom. The lowest BCUT2D eigenvalue weighted by atomic mass is 10.1. The lowest BCUT2D eigenvalue weighted by Crippen LogP contribution is -2.13. The molecule has 6 nitrogen and oxygen atoms in total. The Bertz CT molecular complexity index is 902. The molecule has 1 heterocycles. The standard InChI is InChI=1S/C21H20N2O4/c1-26-18-5-2-4-15(14-18)7-12-20(24)22-16-8-10-17(11-9-16)23-21(25)19-6-3-13-27-19/h2-6,8-11,13-14H,7,12H2,1H3,(H,22,24)(H,23,25). The lowest BCUT2D eigenvalue weighted by molar-refractivity contribution is -0.116. The Morgan fingerprint density at radius 2 is 1.70 bits per heavy atom. The normalized spacial score (nSPS) is 10.3. The van der Waals surface area contributed by atoms with E-state index in [1.54, 1.807) is 43.5 Å². The molecule has 3 rings (SSSR count). The van der Waals surface area contributed by atoms with E-state index < -0.39 is 0 Å². The van der Waals surface area contributed by atoms with E-state index in [4.69, 9.17) is 9.15 Å². The largest absolute Gasteiger partial charge is 0.497 e. The molecule has 0 saturated heterocycles. The van der Waals surface area contributed by atoms with Crippen molar-refractivity contribution in [3.8, 4) is 5.75 Å². The fraction of sp³-hybridized carbons (Fsp3) is 0.143. The average molecular weight is 364 g/mol. The number of aryl methyl sites for hydroxylation is 1. The zero-order valence-electron chi connectivity index (χ0n) is 14.9. The van der Waals surface area contributed by atoms with Crippen LogP contribution >= 0.6 is 0 Å². The predicted octanol–water partition coefficient (Wildman–Crippen LogP) is 4.11. The monoisotopic (exact) mass is 364 g/mol. The maximum absolute atomic E-state index is 12.1. The molecule has 0 saturated carbocycles. The molecule has 1 aromatic heterocycles. The number of hydrogen-bond acceptors (Lipinski definition) is 4. The van der Waals surface area contributed by atoms with Crippen LogP contribution in [0.1, 0.15) is 22.5 Å². The molecule has 2 N–H and O–H groups in total. The van der Waals surface area contributed by atoms with Crippen LogP contribution in [0.3, 0.4) is 0 Å². The summed E-state index contributed by atoms with van der Waals surface area (Å²) in [5, 5.41) is 5.57. The van der Waals surface area contributed by atoms with E-state index in [0.29, 0.717) is 24.2 Å². The van der Waals surface area contributed by atoms with Gasteiger partial charge in [0.25, 0.3) is 5.91 Å². The first kappa shape index (κ1) is 18.3. The second kappa shape index (κ2) is 8.71. The fourth-order valence-electron chi connectivity index (χ4n) is 2.55. The van der Waals surface area contributed by atoms with E-state index in [9.17, 15) is 9.59 Å². The number of carbonyl (C=O) groups excluding carboxylic acids is 2. The quantitative estimate of drug-likeness (QED) is 0.661. The maximum atomic E-state index is 12.1. The summed E-state index contributed by atoms with van der Waals surface area (Å²) >= 11 is 0. The maximum Gasteiger partial charge on any atom is 0.291 e. The van der Waals surface area contributed by atoms with Gasteiger partial charge < -0.3 is 19.8 Å². The highest BCUT2D eigenvalue weighted by Crippen LogP contribution is 2.17. The summed E-state index contributed by atoms with van der Waals surface area (Å²) < 4.78 is 10.2. The zero-order chi connectivity index (χ0) is 19.1. The van der Waals surface area contributed by atoms with E-state index in [1.165, 1.54) is 6.26 Å². The molecule has 0 fully saturated rings. The van der Waals surface area contributed by atoms with Gasteiger partial charge in [0.1, 0.15) is 5.75 Å². The molecular weight excluding hydrogens is 344 g/mol. The van der Waals surface area contributed by atoms with Crippen molar-refractivity contribution in [2.45, 2.75) is 12.8 Å². The van der Waals surface area contributed by atoms with Gasteiger partial charge in [0, 0.05) is 17.8 Å². The minimum atomic E-state index is -0.324. The van der Waals surface area contributed by atoms with Crippen molar-refractivity contribution < 1.29 is 18.7 Å². The number of nitrogens with one attached hydrogen (secondary N) is 2. The fourth-order valence-corrected chi connectivity index (χ4v) is 2.55. The first-order valence-corrected chi connectivity index (χ1v) is 8.52. The van der Waals surface area contributed by atoms with E-state index in [-0.39, 0.29) is 17.6 Å². The number of methoxy groups -OCH3 is 1. The van der Waals surface area contributed by atoms with Gasteiger partial charge in [0.05, 0.1) is 13.4 Å². The Hall–Kier alpha value is -3.54. The van der Waals surface area contributed by atoms with Gasteiger partial charge in [0.2, 0.25) is 5.91 Å². The molecule has 0 bridgehead atoms. The molecular formula is C21H20N2O4. The summed E-state index contributed by atoms with van der Waals surface area (Å²) in [6, 6.07) is 17.8. The second-order valence-electron chi connectivity index (χ2n) is 5.91. The van der Waals surface area contributed by atoms with E-state index >= 15 is 0 Å². The third kappa shape index (κ3) is 5.22. The summed E-state index contributed by atoms with van der Waals surface area (Å²) in [5.74, 6) is 0.616. The second-order valence-corrected chi connectivity index (χ2v) is 5.91. The van der Waals surface area contributed by atoms with Crippen molar-refractivity contribution in [2.75, 3.05) is 17.7 Å². The van der Waals surface area contributed by atoms with Crippen molar-refractivity contribution in [3.05, 3.63) is 78.3 Å². The van der Waals surface area contributed by atoms with Crippen molar-refractivity contribution in [3.63, 3.8) is 0 Å². The summed E-state index contributed by atoms with van der Waals surface area (Å²) in [4.78, 5) is 24.1. The number of carbonyl (C=O) groups is 2. The van der Waals surface area contributed by atoms with Crippen LogP contribution in [0.25, 0.3) is 0 Å². The summed E-state index contributed by atoms with van der Waals surface area (Å²) in [7, 11) is 1.62. The summed E-state index contributed by atoms with van der Waals surface area (Å²) in [6.07, 6.45) is 2.43. The van der Waals surface area contributed by atoms with E-state index in [1.807, 2.05) is 24.3 Å². The number of furan rings is 1. The molecule has 138 valence electrons. The first-order valence-electron chi connectivity index (χ1n) is 8.52. The van der Waals surface area contributed by atoms with Crippen molar-refractivity contribution in [1.29, 1.82) is 0 Å². The van der Waals surface area contributed by atoms with E-state index in [2.05, 4.69) is 10.6 Å². The number of hydrogen-bond donors (Lipinski definition) is 2. The molecule has 3 aromatic rings. The Balaban J connectivity index is 1.50. The molecule has 6 heteroatoms. The van der Waals surface area contributed by atoms with Gasteiger partial charge in [-0.05, 0) is 60.5 Å². The average Bonchev–Trinajstić information content (AvgIpc) is 3.23. The van der Waals surface area contributed by atoms with E-state index in [0.717, 1.165) is 11.3 Å². The zero-order valence-corrected chi connectivity index (χ0v) is 14.9. The molecule has 0 aliphatic carbocycles. The molecule has 0 unspecified atom stereocenters. The molecule has 0 aliphatic heterocycles. The third-order valence-electron chi connectivity index (χ3n) is 3.95. The highest BCUT2D eigenvalue weighted by atomic mass is 16.5. The van der Waals surface area contributed by atoms with Crippen LogP contribution in [-0.4, -0.2) is 18.9 Å². The molecule has 2 amide bonds. The van der Waals surface area contributed by atoms with Crippen LogP contribution in [0.5, 0.6) is 5.75 Å². The summed E-state index contributed by atoms with van der Waals surface area (Å²) in [6.45, 7) is 0. The molecule has 27 heavy (non-hydrogen) atoms. The van der Waals surface area contributed by atoms with Gasteiger partial charge in [-0.25, -0.2) is 0 Å². The van der Waals surface area contributed by atoms with Crippen LogP contribution in [0.15, 0.2) is 71.3 Å². The van der Waals surface area contributed by atoms with Gasteiger partial charge in [-0.1, -0.05) is 12.1 Å². The number of anilines is 2. The summed E-state index contributed by atoms with van der Waals surface area (Å²) in [5.41, 5.74) is 2.33. The van der Waals surface area contributed by atoms with Gasteiger partial charge >= 0.3 is 0 Å². The topological polar surface area (TPSA) is 80.6 Å². The highest BCUT2D eigenvalue weighted by molar-refractivity contribution is 6.02. The SMILES string of the molecule is COc1cccc(CCC(=O)Nc2ccc(NC(=O)c3ccco3)cc2)c1. The minimum Gasteiger partial charge on any atom is -0.497 e. The number of amides is 2. The predicted molar refractivity (Wildman–Crippen MR) is 103 cm³/mol. The van der Waals surface area contributed by atoms with Gasteiger partial charge in [-0.15, -0.1) is 0 Å². The highest BCUT2D eigenvalue weighted by Gasteiger charge is 2.09. The number of rotatable bonds is 7. The molecule has 0 atom stereocenters. The molecule has 2 aromatic carbocycles. The van der Waals surface area contributed by atoms with Gasteiger partial charge in [-0.2, -0.15) is 0 Å². The first-order chi connectivity index (χ1) is 13.1. The Labute approximate surface area is 157 Å². The molecule has 0 aliphatic rings. The molecule has 0 radical (unpaired) electrons. The minimum absolute atomic E-state index is 0.0785. The van der Waals surface area contributed by atoms with Crippen LogP contribution in [0.2, 0.25) is 0 Å². The van der Waals surface area contributed by atoms with Gasteiger partial charge in [-0.3, -0.25) is 9.59 Å².